The Morgan fingerprint density at radius 1 is 1.22 bits per heavy atom. The van der Waals surface area contributed by atoms with E-state index in [1.54, 1.807) is 36.5 Å². The van der Waals surface area contributed by atoms with E-state index in [-0.39, 0.29) is 18.4 Å². The Bertz CT molecular complexity index is 526. The van der Waals surface area contributed by atoms with E-state index in [4.69, 9.17) is 0 Å². The van der Waals surface area contributed by atoms with Crippen molar-refractivity contribution in [1.29, 1.82) is 0 Å². The normalized spacial score (nSPS) is 9.78. The van der Waals surface area contributed by atoms with Crippen LogP contribution in [0.25, 0.3) is 0 Å². The predicted molar refractivity (Wildman–Crippen MR) is 69.5 cm³/mol. The predicted octanol–water partition coefficient (Wildman–Crippen LogP) is 1.51. The lowest BCUT2D eigenvalue weighted by atomic mass is 10.4. The van der Waals surface area contributed by atoms with Gasteiger partial charge in [0, 0.05) is 6.20 Å². The average molecular weight is 261 g/mol. The van der Waals surface area contributed by atoms with Crippen LogP contribution in [0.3, 0.4) is 0 Å². The molecule has 0 radical (unpaired) electrons. The molecule has 0 saturated heterocycles. The van der Waals surface area contributed by atoms with Crippen LogP contribution in [0.5, 0.6) is 0 Å². The second-order valence-corrected chi connectivity index (χ2v) is 4.37. The Balaban J connectivity index is 1.80. The van der Waals surface area contributed by atoms with E-state index in [9.17, 15) is 9.59 Å². The van der Waals surface area contributed by atoms with Crippen LogP contribution in [0.15, 0.2) is 41.9 Å². The molecule has 0 bridgehead atoms. The number of aromatic nitrogens is 1. The van der Waals surface area contributed by atoms with Gasteiger partial charge in [-0.3, -0.25) is 9.59 Å². The molecule has 0 aliphatic carbocycles. The summed E-state index contributed by atoms with van der Waals surface area (Å²) in [5.74, 6) is -0.0901. The van der Waals surface area contributed by atoms with E-state index in [2.05, 4.69) is 15.6 Å². The Morgan fingerprint density at radius 3 is 2.78 bits per heavy atom. The molecule has 0 unspecified atom stereocenters. The molecule has 18 heavy (non-hydrogen) atoms. The summed E-state index contributed by atoms with van der Waals surface area (Å²) >= 11 is 1.33. The summed E-state index contributed by atoms with van der Waals surface area (Å²) in [5.41, 5.74) is 0. The number of carbonyl (C=O) groups excluding carboxylic acids is 2. The number of pyridine rings is 1. The summed E-state index contributed by atoms with van der Waals surface area (Å²) < 4.78 is 0. The van der Waals surface area contributed by atoms with E-state index in [0.717, 1.165) is 0 Å². The van der Waals surface area contributed by atoms with Crippen LogP contribution in [-0.4, -0.2) is 23.3 Å². The highest BCUT2D eigenvalue weighted by molar-refractivity contribution is 7.12. The van der Waals surface area contributed by atoms with Crippen LogP contribution in [0.4, 0.5) is 5.82 Å². The Morgan fingerprint density at radius 2 is 2.11 bits per heavy atom. The maximum atomic E-state index is 11.6. The number of thiophene rings is 1. The maximum absolute atomic E-state index is 11.6. The van der Waals surface area contributed by atoms with E-state index in [1.165, 1.54) is 11.3 Å². The first kappa shape index (κ1) is 12.3. The molecule has 92 valence electrons. The second-order valence-electron chi connectivity index (χ2n) is 3.42. The van der Waals surface area contributed by atoms with Crippen LogP contribution >= 0.6 is 11.3 Å². The monoisotopic (exact) mass is 261 g/mol. The van der Waals surface area contributed by atoms with Gasteiger partial charge in [-0.05, 0) is 23.6 Å². The first-order valence-electron chi connectivity index (χ1n) is 5.28. The smallest absolute Gasteiger partial charge is 0.261 e. The van der Waals surface area contributed by atoms with Crippen molar-refractivity contribution in [3.63, 3.8) is 0 Å². The third-order valence-corrected chi connectivity index (χ3v) is 2.96. The molecule has 2 heterocycles. The minimum absolute atomic E-state index is 0.0761. The largest absolute Gasteiger partial charge is 0.342 e. The third kappa shape index (κ3) is 3.39. The molecular formula is C12H11N3O2S. The van der Waals surface area contributed by atoms with Crippen molar-refractivity contribution in [3.8, 4) is 0 Å². The van der Waals surface area contributed by atoms with Gasteiger partial charge in [0.1, 0.15) is 5.82 Å². The van der Waals surface area contributed by atoms with Gasteiger partial charge >= 0.3 is 0 Å². The van der Waals surface area contributed by atoms with Crippen LogP contribution in [0.2, 0.25) is 0 Å². The fraction of sp³-hybridized carbons (Fsp3) is 0.0833. The Kier molecular flexibility index (Phi) is 4.03. The van der Waals surface area contributed by atoms with Crippen molar-refractivity contribution in [2.75, 3.05) is 11.9 Å². The average Bonchev–Trinajstić information content (AvgIpc) is 2.91. The zero-order valence-corrected chi connectivity index (χ0v) is 10.2. The van der Waals surface area contributed by atoms with E-state index < -0.39 is 0 Å². The molecule has 2 rings (SSSR count). The van der Waals surface area contributed by atoms with Crippen molar-refractivity contribution >= 4 is 29.0 Å². The number of nitrogens with one attached hydrogen (secondary N) is 2. The van der Waals surface area contributed by atoms with Crippen molar-refractivity contribution < 1.29 is 9.59 Å². The summed E-state index contributed by atoms with van der Waals surface area (Å²) in [7, 11) is 0. The van der Waals surface area contributed by atoms with Gasteiger partial charge in [0.25, 0.3) is 5.91 Å². The van der Waals surface area contributed by atoms with Gasteiger partial charge in [-0.15, -0.1) is 11.3 Å². The highest BCUT2D eigenvalue weighted by Gasteiger charge is 2.08. The van der Waals surface area contributed by atoms with Crippen LogP contribution in [0, 0.1) is 0 Å². The van der Waals surface area contributed by atoms with Gasteiger partial charge in [-0.25, -0.2) is 4.98 Å². The quantitative estimate of drug-likeness (QED) is 0.876. The maximum Gasteiger partial charge on any atom is 0.261 e. The zero-order chi connectivity index (χ0) is 12.8. The minimum Gasteiger partial charge on any atom is -0.342 e. The lowest BCUT2D eigenvalue weighted by Crippen LogP contribution is -2.32. The van der Waals surface area contributed by atoms with Gasteiger partial charge in [0.15, 0.2) is 0 Å². The molecule has 0 saturated carbocycles. The summed E-state index contributed by atoms with van der Waals surface area (Å²) in [4.78, 5) is 27.6. The Hall–Kier alpha value is -2.21. The molecule has 0 atom stereocenters. The number of nitrogens with zero attached hydrogens (tertiary/aromatic N) is 1. The number of rotatable bonds is 4. The minimum atomic E-state index is -0.307. The summed E-state index contributed by atoms with van der Waals surface area (Å²) in [6.07, 6.45) is 1.58. The topological polar surface area (TPSA) is 71.1 Å². The Labute approximate surface area is 108 Å². The highest BCUT2D eigenvalue weighted by atomic mass is 32.1. The van der Waals surface area contributed by atoms with Crippen LogP contribution in [-0.2, 0) is 4.79 Å². The van der Waals surface area contributed by atoms with Gasteiger partial charge < -0.3 is 10.6 Å². The summed E-state index contributed by atoms with van der Waals surface area (Å²) in [5, 5.41) is 6.93. The standard InChI is InChI=1S/C12H11N3O2S/c16-11(15-10-5-1-2-6-13-10)8-14-12(17)9-4-3-7-18-9/h1-7H,8H2,(H,14,17)(H,13,15,16). The van der Waals surface area contributed by atoms with Gasteiger partial charge in [0.05, 0.1) is 11.4 Å². The SMILES string of the molecule is O=C(CNC(=O)c1cccs1)Nc1ccccn1. The fourth-order valence-corrected chi connectivity index (χ4v) is 1.92. The molecule has 0 aliphatic rings. The molecule has 0 spiro atoms. The molecule has 0 fully saturated rings. The number of anilines is 1. The van der Waals surface area contributed by atoms with E-state index in [0.29, 0.717) is 10.7 Å². The second kappa shape index (κ2) is 5.92. The molecular weight excluding hydrogens is 250 g/mol. The molecule has 2 amide bonds. The van der Waals surface area contributed by atoms with Gasteiger partial charge in [-0.2, -0.15) is 0 Å². The molecule has 0 aliphatic heterocycles. The van der Waals surface area contributed by atoms with Crippen LogP contribution < -0.4 is 10.6 Å². The van der Waals surface area contributed by atoms with Crippen molar-refractivity contribution in [3.05, 3.63) is 46.8 Å². The van der Waals surface area contributed by atoms with Gasteiger partial charge in [0.2, 0.25) is 5.91 Å². The number of amides is 2. The summed E-state index contributed by atoms with van der Waals surface area (Å²) in [6, 6.07) is 8.70. The first-order chi connectivity index (χ1) is 8.75. The van der Waals surface area contributed by atoms with Crippen molar-refractivity contribution in [1.82, 2.24) is 10.3 Å². The van der Waals surface area contributed by atoms with Crippen LogP contribution in [0.1, 0.15) is 9.67 Å². The lowest BCUT2D eigenvalue weighted by Gasteiger charge is -2.05. The number of carbonyl (C=O) groups is 2. The highest BCUT2D eigenvalue weighted by Crippen LogP contribution is 2.07. The van der Waals surface area contributed by atoms with Crippen molar-refractivity contribution in [2.45, 2.75) is 0 Å². The molecule has 2 aromatic rings. The molecule has 2 N–H and O–H groups in total. The van der Waals surface area contributed by atoms with E-state index in [1.807, 2.05) is 5.38 Å². The third-order valence-electron chi connectivity index (χ3n) is 2.09. The number of hydrogen-bond acceptors (Lipinski definition) is 4. The first-order valence-corrected chi connectivity index (χ1v) is 6.16. The summed E-state index contributed by atoms with van der Waals surface area (Å²) in [6.45, 7) is -0.0761. The molecule has 6 heteroatoms. The molecule has 0 aromatic carbocycles. The molecule has 2 aromatic heterocycles. The van der Waals surface area contributed by atoms with E-state index >= 15 is 0 Å². The molecule has 5 nitrogen and oxygen atoms in total. The van der Waals surface area contributed by atoms with Crippen molar-refractivity contribution in [2.24, 2.45) is 0 Å². The lowest BCUT2D eigenvalue weighted by molar-refractivity contribution is -0.115. The zero-order valence-electron chi connectivity index (χ0n) is 9.42. The number of hydrogen-bond donors (Lipinski definition) is 2. The van der Waals surface area contributed by atoms with Gasteiger partial charge in [-0.1, -0.05) is 12.1 Å². The fourth-order valence-electron chi connectivity index (χ4n) is 1.28.